The molecule has 0 saturated heterocycles. The molecule has 0 bridgehead atoms. The van der Waals surface area contributed by atoms with Gasteiger partial charge in [-0.15, -0.1) is 0 Å². The van der Waals surface area contributed by atoms with Crippen LogP contribution in [0.4, 0.5) is 4.79 Å². The summed E-state index contributed by atoms with van der Waals surface area (Å²) in [5.41, 5.74) is 0. The van der Waals surface area contributed by atoms with Crippen molar-refractivity contribution in [3.05, 3.63) is 18.2 Å². The number of aromatic nitrogens is 2. The lowest BCUT2D eigenvalue weighted by Crippen LogP contribution is -2.37. The Morgan fingerprint density at radius 1 is 1.47 bits per heavy atom. The van der Waals surface area contributed by atoms with E-state index in [2.05, 4.69) is 15.6 Å². The Kier molecular flexibility index (Phi) is 4.66. The van der Waals surface area contributed by atoms with Crippen LogP contribution >= 0.6 is 0 Å². The third kappa shape index (κ3) is 4.01. The molecule has 1 heterocycles. The van der Waals surface area contributed by atoms with Gasteiger partial charge in [0, 0.05) is 39.0 Å². The molecule has 0 unspecified atom stereocenters. The molecule has 0 aliphatic heterocycles. The molecule has 84 valence electrons. The number of aryl methyl sites for hydroxylation is 1. The molecule has 2 amide bonds. The van der Waals surface area contributed by atoms with Crippen molar-refractivity contribution in [3.8, 4) is 0 Å². The van der Waals surface area contributed by atoms with Gasteiger partial charge in [-0.05, 0) is 6.42 Å². The van der Waals surface area contributed by atoms with Gasteiger partial charge in [-0.3, -0.25) is 0 Å². The highest BCUT2D eigenvalue weighted by molar-refractivity contribution is 5.73. The van der Waals surface area contributed by atoms with Crippen molar-refractivity contribution in [2.75, 3.05) is 13.1 Å². The minimum Gasteiger partial charge on any atom is -0.338 e. The molecule has 1 rings (SSSR count). The van der Waals surface area contributed by atoms with E-state index >= 15 is 0 Å². The lowest BCUT2D eigenvalue weighted by Gasteiger charge is -2.06. The molecule has 5 heteroatoms. The van der Waals surface area contributed by atoms with Crippen LogP contribution in [-0.2, 0) is 13.5 Å². The van der Waals surface area contributed by atoms with Crippen LogP contribution in [0.2, 0.25) is 0 Å². The van der Waals surface area contributed by atoms with Gasteiger partial charge in [-0.25, -0.2) is 9.78 Å². The summed E-state index contributed by atoms with van der Waals surface area (Å²) in [6, 6.07) is -0.106. The summed E-state index contributed by atoms with van der Waals surface area (Å²) in [6.07, 6.45) is 5.36. The molecule has 1 aromatic rings. The number of nitrogens with one attached hydrogen (secondary N) is 2. The average Bonchev–Trinajstić information content (AvgIpc) is 2.61. The molecular weight excluding hydrogens is 192 g/mol. The fourth-order valence-electron chi connectivity index (χ4n) is 1.23. The summed E-state index contributed by atoms with van der Waals surface area (Å²) in [5, 5.41) is 5.53. The first-order valence-corrected chi connectivity index (χ1v) is 5.22. The van der Waals surface area contributed by atoms with Crippen molar-refractivity contribution in [2.24, 2.45) is 7.05 Å². The Bertz CT molecular complexity index is 308. The number of amides is 2. The second kappa shape index (κ2) is 6.06. The van der Waals surface area contributed by atoms with Gasteiger partial charge in [0.05, 0.1) is 0 Å². The predicted molar refractivity (Wildman–Crippen MR) is 58.6 cm³/mol. The zero-order chi connectivity index (χ0) is 11.1. The lowest BCUT2D eigenvalue weighted by atomic mass is 10.4. The smallest absolute Gasteiger partial charge is 0.314 e. The van der Waals surface area contributed by atoms with Crippen molar-refractivity contribution in [2.45, 2.75) is 19.8 Å². The molecule has 2 N–H and O–H groups in total. The highest BCUT2D eigenvalue weighted by Crippen LogP contribution is 1.93. The van der Waals surface area contributed by atoms with E-state index in [-0.39, 0.29) is 6.03 Å². The van der Waals surface area contributed by atoms with E-state index < -0.39 is 0 Å². The fourth-order valence-corrected chi connectivity index (χ4v) is 1.23. The van der Waals surface area contributed by atoms with Crippen LogP contribution in [0.3, 0.4) is 0 Å². The van der Waals surface area contributed by atoms with E-state index in [4.69, 9.17) is 0 Å². The standard InChI is InChI=1S/C10H18N4O/c1-3-5-12-10(15)13-6-4-9-11-7-8-14(9)2/h7-8H,3-6H2,1-2H3,(H2,12,13,15). The monoisotopic (exact) mass is 210 g/mol. The fraction of sp³-hybridized carbons (Fsp3) is 0.600. The maximum absolute atomic E-state index is 11.2. The van der Waals surface area contributed by atoms with Crippen LogP contribution in [0, 0.1) is 0 Å². The van der Waals surface area contributed by atoms with Crippen molar-refractivity contribution >= 4 is 6.03 Å². The third-order valence-corrected chi connectivity index (χ3v) is 2.09. The predicted octanol–water partition coefficient (Wildman–Crippen LogP) is 0.672. The molecule has 0 aliphatic carbocycles. The van der Waals surface area contributed by atoms with Gasteiger partial charge in [0.25, 0.3) is 0 Å². The SMILES string of the molecule is CCCNC(=O)NCCc1nccn1C. The van der Waals surface area contributed by atoms with Crippen molar-refractivity contribution in [1.82, 2.24) is 20.2 Å². The van der Waals surface area contributed by atoms with Crippen LogP contribution < -0.4 is 10.6 Å². The molecule has 0 radical (unpaired) electrons. The number of hydrogen-bond donors (Lipinski definition) is 2. The van der Waals surface area contributed by atoms with Crippen molar-refractivity contribution in [3.63, 3.8) is 0 Å². The summed E-state index contributed by atoms with van der Waals surface area (Å²) in [5.74, 6) is 0.978. The van der Waals surface area contributed by atoms with Gasteiger partial charge >= 0.3 is 6.03 Å². The number of rotatable bonds is 5. The summed E-state index contributed by atoms with van der Waals surface area (Å²) in [6.45, 7) is 3.35. The van der Waals surface area contributed by atoms with E-state index in [0.717, 1.165) is 18.7 Å². The molecule has 15 heavy (non-hydrogen) atoms. The van der Waals surface area contributed by atoms with Crippen LogP contribution in [0.25, 0.3) is 0 Å². The number of nitrogens with zero attached hydrogens (tertiary/aromatic N) is 2. The highest BCUT2D eigenvalue weighted by Gasteiger charge is 2.01. The summed E-state index contributed by atoms with van der Waals surface area (Å²) in [7, 11) is 1.94. The summed E-state index contributed by atoms with van der Waals surface area (Å²) < 4.78 is 1.95. The van der Waals surface area contributed by atoms with Crippen LogP contribution in [-0.4, -0.2) is 28.7 Å². The Hall–Kier alpha value is -1.52. The van der Waals surface area contributed by atoms with Crippen molar-refractivity contribution < 1.29 is 4.79 Å². The lowest BCUT2D eigenvalue weighted by molar-refractivity contribution is 0.241. The molecule has 1 aromatic heterocycles. The zero-order valence-corrected chi connectivity index (χ0v) is 9.29. The molecule has 0 fully saturated rings. The number of urea groups is 1. The Morgan fingerprint density at radius 2 is 2.20 bits per heavy atom. The highest BCUT2D eigenvalue weighted by atomic mass is 16.2. The maximum Gasteiger partial charge on any atom is 0.314 e. The van der Waals surface area contributed by atoms with Gasteiger partial charge in [-0.1, -0.05) is 6.92 Å². The Morgan fingerprint density at radius 3 is 2.80 bits per heavy atom. The maximum atomic E-state index is 11.2. The molecule has 0 saturated carbocycles. The van der Waals surface area contributed by atoms with E-state index in [1.807, 2.05) is 24.7 Å². The summed E-state index contributed by atoms with van der Waals surface area (Å²) in [4.78, 5) is 15.3. The van der Waals surface area contributed by atoms with Crippen LogP contribution in [0.5, 0.6) is 0 Å². The van der Waals surface area contributed by atoms with E-state index in [1.54, 1.807) is 6.20 Å². The second-order valence-electron chi connectivity index (χ2n) is 3.39. The quantitative estimate of drug-likeness (QED) is 0.750. The van der Waals surface area contributed by atoms with E-state index in [0.29, 0.717) is 13.1 Å². The largest absolute Gasteiger partial charge is 0.338 e. The van der Waals surface area contributed by atoms with Crippen molar-refractivity contribution in [1.29, 1.82) is 0 Å². The molecule has 0 aromatic carbocycles. The van der Waals surface area contributed by atoms with Gasteiger partial charge in [0.1, 0.15) is 5.82 Å². The first-order chi connectivity index (χ1) is 7.24. The van der Waals surface area contributed by atoms with Gasteiger partial charge in [0.15, 0.2) is 0 Å². The van der Waals surface area contributed by atoms with Gasteiger partial charge in [-0.2, -0.15) is 0 Å². The molecular formula is C10H18N4O. The molecule has 0 spiro atoms. The zero-order valence-electron chi connectivity index (χ0n) is 9.29. The van der Waals surface area contributed by atoms with Gasteiger partial charge < -0.3 is 15.2 Å². The first-order valence-electron chi connectivity index (χ1n) is 5.22. The van der Waals surface area contributed by atoms with E-state index in [1.165, 1.54) is 0 Å². The molecule has 0 atom stereocenters. The normalized spacial score (nSPS) is 10.0. The minimum atomic E-state index is -0.106. The molecule has 0 aliphatic rings. The Labute approximate surface area is 89.9 Å². The number of hydrogen-bond acceptors (Lipinski definition) is 2. The van der Waals surface area contributed by atoms with Crippen LogP contribution in [0.15, 0.2) is 12.4 Å². The number of imidazole rings is 1. The average molecular weight is 210 g/mol. The Balaban J connectivity index is 2.16. The number of carbonyl (C=O) groups is 1. The number of carbonyl (C=O) groups excluding carboxylic acids is 1. The van der Waals surface area contributed by atoms with Gasteiger partial charge in [0.2, 0.25) is 0 Å². The topological polar surface area (TPSA) is 59.0 Å². The van der Waals surface area contributed by atoms with E-state index in [9.17, 15) is 4.79 Å². The first kappa shape index (κ1) is 11.6. The minimum absolute atomic E-state index is 0.106. The third-order valence-electron chi connectivity index (χ3n) is 2.09. The van der Waals surface area contributed by atoms with Crippen LogP contribution in [0.1, 0.15) is 19.2 Å². The second-order valence-corrected chi connectivity index (χ2v) is 3.39. The summed E-state index contributed by atoms with van der Waals surface area (Å²) >= 11 is 0. The molecule has 5 nitrogen and oxygen atoms in total.